The molecule has 0 aliphatic rings. The number of hydrogen-bond donors (Lipinski definition) is 0. The van der Waals surface area contributed by atoms with E-state index < -0.39 is 0 Å². The predicted molar refractivity (Wildman–Crippen MR) is 53.2 cm³/mol. The minimum absolute atomic E-state index is 0.514. The first-order chi connectivity index (χ1) is 5.77. The fourth-order valence-corrected chi connectivity index (χ4v) is 2.88. The Kier molecular flexibility index (Phi) is 2.32. The lowest BCUT2D eigenvalue weighted by molar-refractivity contribution is 1.41. The van der Waals surface area contributed by atoms with Gasteiger partial charge in [0.2, 0.25) is 0 Å². The van der Waals surface area contributed by atoms with E-state index in [1.165, 1.54) is 22.7 Å². The topological polar surface area (TPSA) is 25.8 Å². The molecule has 2 aromatic rings. The van der Waals surface area contributed by atoms with E-state index in [2.05, 4.69) is 9.97 Å². The van der Waals surface area contributed by atoms with Crippen molar-refractivity contribution in [2.24, 2.45) is 0 Å². The van der Waals surface area contributed by atoms with Gasteiger partial charge in [0.15, 0.2) is 4.47 Å². The van der Waals surface area contributed by atoms with Gasteiger partial charge in [-0.1, -0.05) is 23.2 Å². The van der Waals surface area contributed by atoms with Crippen LogP contribution in [-0.2, 0) is 0 Å². The van der Waals surface area contributed by atoms with Crippen molar-refractivity contribution in [3.8, 4) is 9.75 Å². The molecular weight excluding hydrogens is 235 g/mol. The van der Waals surface area contributed by atoms with Crippen LogP contribution >= 0.6 is 45.9 Å². The molecule has 0 fully saturated rings. The van der Waals surface area contributed by atoms with Gasteiger partial charge in [-0.15, -0.1) is 22.7 Å². The minimum Gasteiger partial charge on any atom is -0.233 e. The summed E-state index contributed by atoms with van der Waals surface area (Å²) in [6.07, 6.45) is 1.70. The standard InChI is InChI=1S/C6H2Cl2N2S2/c7-5-4(11-2-10-5)3-1-9-6(8)12-3/h1-2H. The van der Waals surface area contributed by atoms with Gasteiger partial charge in [0, 0.05) is 6.20 Å². The molecular formula is C6H2Cl2N2S2. The number of hydrogen-bond acceptors (Lipinski definition) is 4. The predicted octanol–water partition coefficient (Wildman–Crippen LogP) is 3.57. The van der Waals surface area contributed by atoms with Crippen molar-refractivity contribution in [2.75, 3.05) is 0 Å². The van der Waals surface area contributed by atoms with Crippen molar-refractivity contribution in [1.29, 1.82) is 0 Å². The average molecular weight is 237 g/mol. The molecule has 0 amide bonds. The Hall–Kier alpha value is -0.160. The molecule has 0 aliphatic carbocycles. The second-order valence-corrected chi connectivity index (χ2v) is 4.78. The van der Waals surface area contributed by atoms with Crippen LogP contribution in [0.25, 0.3) is 9.75 Å². The Morgan fingerprint density at radius 3 is 2.58 bits per heavy atom. The maximum absolute atomic E-state index is 5.82. The molecule has 2 rings (SSSR count). The van der Waals surface area contributed by atoms with Crippen LogP contribution in [0.2, 0.25) is 9.62 Å². The second-order valence-electron chi connectivity index (χ2n) is 1.95. The van der Waals surface area contributed by atoms with E-state index >= 15 is 0 Å². The van der Waals surface area contributed by atoms with Gasteiger partial charge in [0.05, 0.1) is 15.3 Å². The fourth-order valence-electron chi connectivity index (χ4n) is 0.750. The van der Waals surface area contributed by atoms with E-state index in [-0.39, 0.29) is 0 Å². The zero-order valence-electron chi connectivity index (χ0n) is 5.62. The Balaban J connectivity index is 2.50. The minimum atomic E-state index is 0.514. The van der Waals surface area contributed by atoms with Crippen molar-refractivity contribution in [3.63, 3.8) is 0 Å². The lowest BCUT2D eigenvalue weighted by Crippen LogP contribution is -1.64. The van der Waals surface area contributed by atoms with Gasteiger partial charge in [0.1, 0.15) is 5.15 Å². The molecule has 0 saturated heterocycles. The van der Waals surface area contributed by atoms with E-state index in [1.807, 2.05) is 0 Å². The molecule has 0 spiro atoms. The van der Waals surface area contributed by atoms with E-state index in [0.717, 1.165) is 9.75 Å². The molecule has 0 atom stereocenters. The first-order valence-electron chi connectivity index (χ1n) is 2.98. The zero-order chi connectivity index (χ0) is 8.55. The van der Waals surface area contributed by atoms with E-state index in [1.54, 1.807) is 11.7 Å². The molecule has 0 aromatic carbocycles. The summed E-state index contributed by atoms with van der Waals surface area (Å²) in [4.78, 5) is 9.74. The molecule has 0 radical (unpaired) electrons. The third-order valence-electron chi connectivity index (χ3n) is 1.23. The molecule has 2 nitrogen and oxygen atoms in total. The largest absolute Gasteiger partial charge is 0.233 e. The van der Waals surface area contributed by atoms with Crippen molar-refractivity contribution in [3.05, 3.63) is 21.3 Å². The summed E-state index contributed by atoms with van der Waals surface area (Å²) in [6.45, 7) is 0. The second kappa shape index (κ2) is 3.30. The first kappa shape index (κ1) is 8.44. The first-order valence-corrected chi connectivity index (χ1v) is 5.43. The molecule has 2 aromatic heterocycles. The average Bonchev–Trinajstić information content (AvgIpc) is 2.58. The van der Waals surface area contributed by atoms with Gasteiger partial charge in [-0.3, -0.25) is 0 Å². The number of rotatable bonds is 1. The molecule has 2 heterocycles. The summed E-state index contributed by atoms with van der Waals surface area (Å²) in [5.41, 5.74) is 1.70. The van der Waals surface area contributed by atoms with Crippen LogP contribution in [0.3, 0.4) is 0 Å². The summed E-state index contributed by atoms with van der Waals surface area (Å²) in [5.74, 6) is 0. The fraction of sp³-hybridized carbons (Fsp3) is 0. The molecule has 0 aliphatic heterocycles. The van der Waals surface area contributed by atoms with Crippen LogP contribution in [0.4, 0.5) is 0 Å². The summed E-state index contributed by atoms with van der Waals surface area (Å²) < 4.78 is 0.523. The van der Waals surface area contributed by atoms with Crippen molar-refractivity contribution in [1.82, 2.24) is 9.97 Å². The SMILES string of the molecule is Clc1ncc(-c2scnc2Cl)s1. The molecule has 12 heavy (non-hydrogen) atoms. The summed E-state index contributed by atoms with van der Waals surface area (Å²) in [6, 6.07) is 0. The monoisotopic (exact) mass is 236 g/mol. The molecule has 0 unspecified atom stereocenters. The van der Waals surface area contributed by atoms with Crippen LogP contribution in [0.15, 0.2) is 11.7 Å². The Labute approximate surface area is 86.8 Å². The lowest BCUT2D eigenvalue weighted by Gasteiger charge is -1.86. The van der Waals surface area contributed by atoms with E-state index in [0.29, 0.717) is 9.62 Å². The maximum atomic E-state index is 5.82. The van der Waals surface area contributed by atoms with Crippen LogP contribution in [0.5, 0.6) is 0 Å². The smallest absolute Gasteiger partial charge is 0.184 e. The van der Waals surface area contributed by atoms with Crippen molar-refractivity contribution < 1.29 is 0 Å². The number of halogens is 2. The highest BCUT2D eigenvalue weighted by Crippen LogP contribution is 2.35. The molecule has 0 bridgehead atoms. The van der Waals surface area contributed by atoms with Gasteiger partial charge < -0.3 is 0 Å². The number of aromatic nitrogens is 2. The van der Waals surface area contributed by atoms with Gasteiger partial charge in [-0.05, 0) is 0 Å². The summed E-state index contributed by atoms with van der Waals surface area (Å²) in [5, 5.41) is 0.514. The molecule has 62 valence electrons. The quantitative estimate of drug-likeness (QED) is 0.757. The molecule has 0 N–H and O–H groups in total. The van der Waals surface area contributed by atoms with Crippen LogP contribution in [0.1, 0.15) is 0 Å². The summed E-state index contributed by atoms with van der Waals surface area (Å²) in [7, 11) is 0. The van der Waals surface area contributed by atoms with Crippen LogP contribution in [0, 0.1) is 0 Å². The number of nitrogens with zero attached hydrogens (tertiary/aromatic N) is 2. The Bertz CT molecular complexity index is 396. The summed E-state index contributed by atoms with van der Waals surface area (Å²) >= 11 is 14.4. The molecule has 6 heteroatoms. The maximum Gasteiger partial charge on any atom is 0.184 e. The molecule has 0 saturated carbocycles. The zero-order valence-corrected chi connectivity index (χ0v) is 8.77. The van der Waals surface area contributed by atoms with Gasteiger partial charge in [0.25, 0.3) is 0 Å². The van der Waals surface area contributed by atoms with Crippen molar-refractivity contribution in [2.45, 2.75) is 0 Å². The van der Waals surface area contributed by atoms with Gasteiger partial charge in [-0.2, -0.15) is 0 Å². The normalized spacial score (nSPS) is 10.5. The Morgan fingerprint density at radius 1 is 1.25 bits per heavy atom. The number of thiazole rings is 2. The Morgan fingerprint density at radius 2 is 2.08 bits per heavy atom. The lowest BCUT2D eigenvalue weighted by atomic mass is 10.5. The van der Waals surface area contributed by atoms with Crippen molar-refractivity contribution >= 4 is 45.9 Å². The van der Waals surface area contributed by atoms with Gasteiger partial charge in [-0.25, -0.2) is 9.97 Å². The van der Waals surface area contributed by atoms with Gasteiger partial charge >= 0.3 is 0 Å². The highest BCUT2D eigenvalue weighted by Gasteiger charge is 2.09. The highest BCUT2D eigenvalue weighted by atomic mass is 35.5. The van der Waals surface area contributed by atoms with E-state index in [9.17, 15) is 0 Å². The van der Waals surface area contributed by atoms with Crippen LogP contribution < -0.4 is 0 Å². The third kappa shape index (κ3) is 1.47. The third-order valence-corrected chi connectivity index (χ3v) is 3.75. The van der Waals surface area contributed by atoms with Crippen LogP contribution in [-0.4, -0.2) is 9.97 Å². The highest BCUT2D eigenvalue weighted by molar-refractivity contribution is 7.23. The van der Waals surface area contributed by atoms with E-state index in [4.69, 9.17) is 23.2 Å².